The molecule has 0 atom stereocenters. The highest BCUT2D eigenvalue weighted by Gasteiger charge is 2.29. The van der Waals surface area contributed by atoms with Crippen molar-refractivity contribution in [3.8, 4) is 23.0 Å². The summed E-state index contributed by atoms with van der Waals surface area (Å²) in [4.78, 5) is 6.77. The average molecular weight is 963 g/mol. The molecule has 8 bridgehead atoms. The largest absolute Gasteiger partial charge is 0.506 e. The first kappa shape index (κ1) is 45.5. The molecule has 4 aromatic rings. The van der Waals surface area contributed by atoms with E-state index in [9.17, 15) is 10.2 Å². The molecule has 1 aliphatic rings. The molecule has 0 saturated heterocycles. The molecular formula is C46H58Br2O4S4. The van der Waals surface area contributed by atoms with E-state index >= 15 is 0 Å². The summed E-state index contributed by atoms with van der Waals surface area (Å²) >= 11 is 13.4. The van der Waals surface area contributed by atoms with Crippen molar-refractivity contribution in [1.82, 2.24) is 0 Å². The molecule has 304 valence electrons. The molecule has 0 fully saturated rings. The number of fused-ring (bicyclic) bond motifs is 8. The van der Waals surface area contributed by atoms with Gasteiger partial charge >= 0.3 is 0 Å². The molecule has 10 heteroatoms. The average Bonchev–Trinajstić information content (AvgIpc) is 3.07. The van der Waals surface area contributed by atoms with Gasteiger partial charge in [0.05, 0.1) is 52.4 Å². The van der Waals surface area contributed by atoms with Gasteiger partial charge < -0.3 is 19.7 Å². The third-order valence-electron chi connectivity index (χ3n) is 9.51. The van der Waals surface area contributed by atoms with Gasteiger partial charge in [0.25, 0.3) is 0 Å². The van der Waals surface area contributed by atoms with E-state index in [2.05, 4.69) is 163 Å². The summed E-state index contributed by atoms with van der Waals surface area (Å²) in [6, 6.07) is 17.4. The number of hydrogen-bond acceptors (Lipinski definition) is 8. The van der Waals surface area contributed by atoms with Gasteiger partial charge in [-0.15, -0.1) is 0 Å². The van der Waals surface area contributed by atoms with Gasteiger partial charge in [-0.1, -0.05) is 162 Å². The predicted octanol–water partition coefficient (Wildman–Crippen LogP) is 15.5. The maximum atomic E-state index is 12.3. The highest BCUT2D eigenvalue weighted by Crippen LogP contribution is 2.56. The summed E-state index contributed by atoms with van der Waals surface area (Å²) < 4.78 is 13.4. The van der Waals surface area contributed by atoms with Gasteiger partial charge in [0.15, 0.2) is 0 Å². The third kappa shape index (κ3) is 11.0. The minimum absolute atomic E-state index is 0.175. The number of phenols is 2. The lowest BCUT2D eigenvalue weighted by Gasteiger charge is -2.27. The molecule has 5 rings (SSSR count). The number of hydrogen-bond donors (Lipinski definition) is 2. The topological polar surface area (TPSA) is 58.9 Å². The Morgan fingerprint density at radius 2 is 0.625 bits per heavy atom. The van der Waals surface area contributed by atoms with Crippen molar-refractivity contribution in [3.63, 3.8) is 0 Å². The van der Waals surface area contributed by atoms with Crippen molar-refractivity contribution in [2.45, 2.75) is 157 Å². The molecular weight excluding hydrogens is 905 g/mol. The molecule has 0 unspecified atom stereocenters. The fraction of sp³-hybridized carbons (Fsp3) is 0.478. The first-order valence-electron chi connectivity index (χ1n) is 19.2. The van der Waals surface area contributed by atoms with Crippen LogP contribution in [0.2, 0.25) is 0 Å². The number of phenolic OH excluding ortho intramolecular Hbond substituents is 2. The van der Waals surface area contributed by atoms with Crippen LogP contribution in [0.1, 0.15) is 118 Å². The van der Waals surface area contributed by atoms with E-state index in [1.807, 2.05) is 0 Å². The van der Waals surface area contributed by atoms with Crippen molar-refractivity contribution in [2.24, 2.45) is 0 Å². The van der Waals surface area contributed by atoms with Crippen LogP contribution in [0.15, 0.2) is 87.7 Å². The van der Waals surface area contributed by atoms with E-state index in [0.29, 0.717) is 13.2 Å². The number of rotatable bonds is 8. The number of aromatic hydroxyl groups is 2. The Morgan fingerprint density at radius 3 is 0.821 bits per heavy atom. The van der Waals surface area contributed by atoms with Crippen LogP contribution in [0.5, 0.6) is 23.0 Å². The third-order valence-corrected chi connectivity index (χ3v) is 14.9. The van der Waals surface area contributed by atoms with E-state index in [1.165, 1.54) is 0 Å². The molecule has 0 amide bonds. The number of halogens is 2. The molecule has 1 aliphatic heterocycles. The van der Waals surface area contributed by atoms with Crippen LogP contribution in [-0.4, -0.2) is 34.1 Å². The zero-order chi connectivity index (χ0) is 41.4. The molecule has 4 aromatic carbocycles. The molecule has 0 radical (unpaired) electrons. The molecule has 56 heavy (non-hydrogen) atoms. The molecule has 0 aliphatic carbocycles. The van der Waals surface area contributed by atoms with E-state index in [4.69, 9.17) is 9.47 Å². The second kappa shape index (κ2) is 18.0. The van der Waals surface area contributed by atoms with E-state index in [0.717, 1.165) is 96.4 Å². The Kier molecular flexibility index (Phi) is 14.6. The molecule has 0 aromatic heterocycles. The first-order chi connectivity index (χ1) is 26.0. The maximum absolute atomic E-state index is 12.3. The number of benzene rings is 4. The van der Waals surface area contributed by atoms with Crippen molar-refractivity contribution < 1.29 is 19.7 Å². The van der Waals surface area contributed by atoms with Crippen molar-refractivity contribution in [3.05, 3.63) is 70.8 Å². The predicted molar refractivity (Wildman–Crippen MR) is 248 cm³/mol. The van der Waals surface area contributed by atoms with E-state index in [-0.39, 0.29) is 33.2 Å². The smallest absolute Gasteiger partial charge is 0.147 e. The van der Waals surface area contributed by atoms with E-state index < -0.39 is 0 Å². The van der Waals surface area contributed by atoms with Crippen LogP contribution in [0.3, 0.4) is 0 Å². The fourth-order valence-electron chi connectivity index (χ4n) is 5.88. The zero-order valence-electron chi connectivity index (χ0n) is 35.0. The summed E-state index contributed by atoms with van der Waals surface area (Å²) in [7, 11) is 0. The molecule has 4 nitrogen and oxygen atoms in total. The van der Waals surface area contributed by atoms with Gasteiger partial charge in [0, 0.05) is 10.7 Å². The summed E-state index contributed by atoms with van der Waals surface area (Å²) in [5.74, 6) is 1.99. The molecule has 0 spiro atoms. The van der Waals surface area contributed by atoms with Crippen LogP contribution in [-0.2, 0) is 21.7 Å². The minimum atomic E-state index is -0.183. The van der Waals surface area contributed by atoms with Crippen molar-refractivity contribution >= 4 is 78.9 Å². The van der Waals surface area contributed by atoms with Crippen LogP contribution in [0.4, 0.5) is 0 Å². The standard InChI is InChI=1S/C46H58Br2O4S4/c1-43(2,3)27-19-31-39(49)32(20-27)54-36-24-30(46(10,11)12)26-38(42(36)52-18-14-16-48)56-34-22-28(44(4,5)6)21-33(40(34)50)55-37-25-29(45(7,8)9)23-35(53-31)41(37)51-17-13-15-47/h19-26,49-50H,13-18H2,1-12H3. The van der Waals surface area contributed by atoms with Crippen LogP contribution >= 0.6 is 78.9 Å². The molecule has 1 heterocycles. The van der Waals surface area contributed by atoms with Crippen molar-refractivity contribution in [1.29, 1.82) is 0 Å². The Hall–Kier alpha value is -1.56. The van der Waals surface area contributed by atoms with E-state index in [1.54, 1.807) is 47.0 Å². The van der Waals surface area contributed by atoms with Crippen LogP contribution in [0, 0.1) is 0 Å². The minimum Gasteiger partial charge on any atom is -0.506 e. The Balaban J connectivity index is 1.93. The molecule has 2 N–H and O–H groups in total. The Labute approximate surface area is 370 Å². The van der Waals surface area contributed by atoms with Gasteiger partial charge in [-0.05, 0) is 105 Å². The second-order valence-corrected chi connectivity index (χ2v) is 24.4. The van der Waals surface area contributed by atoms with Crippen molar-refractivity contribution in [2.75, 3.05) is 23.9 Å². The first-order valence-corrected chi connectivity index (χ1v) is 24.7. The lowest BCUT2D eigenvalue weighted by Crippen LogP contribution is -2.13. The molecule has 0 saturated carbocycles. The number of alkyl halides is 2. The van der Waals surface area contributed by atoms with Gasteiger partial charge in [0.2, 0.25) is 0 Å². The lowest BCUT2D eigenvalue weighted by molar-refractivity contribution is 0.303. The van der Waals surface area contributed by atoms with Crippen LogP contribution < -0.4 is 9.47 Å². The Bertz CT molecular complexity index is 1810. The van der Waals surface area contributed by atoms with Gasteiger partial charge in [-0.2, -0.15) is 0 Å². The summed E-state index contributed by atoms with van der Waals surface area (Å²) in [6.07, 6.45) is 1.67. The quantitative estimate of drug-likeness (QED) is 0.118. The summed E-state index contributed by atoms with van der Waals surface area (Å²) in [6.45, 7) is 27.7. The van der Waals surface area contributed by atoms with Gasteiger partial charge in [-0.25, -0.2) is 0 Å². The highest BCUT2D eigenvalue weighted by molar-refractivity contribution is 9.09. The zero-order valence-corrected chi connectivity index (χ0v) is 41.4. The van der Waals surface area contributed by atoms with Gasteiger partial charge in [0.1, 0.15) is 23.0 Å². The highest BCUT2D eigenvalue weighted by atomic mass is 79.9. The lowest BCUT2D eigenvalue weighted by atomic mass is 9.87. The van der Waals surface area contributed by atoms with Gasteiger partial charge in [-0.3, -0.25) is 0 Å². The summed E-state index contributed by atoms with van der Waals surface area (Å²) in [5, 5.41) is 26.3. The Morgan fingerprint density at radius 1 is 0.411 bits per heavy atom. The maximum Gasteiger partial charge on any atom is 0.147 e. The summed E-state index contributed by atoms with van der Waals surface area (Å²) in [5.41, 5.74) is 3.83. The number of ether oxygens (including phenoxy) is 2. The SMILES string of the molecule is CC(C)(C)c1cc2c(O)c(c1)Sc1cc(C(C)(C)C)cc(c1OCCCBr)Sc1cc(C(C)(C)C)cc(c1O)Sc1cc(C(C)(C)C)cc(c1OCCCBr)S2. The van der Waals surface area contributed by atoms with Crippen LogP contribution in [0.25, 0.3) is 0 Å². The fourth-order valence-corrected chi connectivity index (χ4v) is 10.9. The monoisotopic (exact) mass is 960 g/mol. The second-order valence-electron chi connectivity index (χ2n) is 18.4. The normalized spacial score (nSPS) is 13.8.